The van der Waals surface area contributed by atoms with E-state index < -0.39 is 0 Å². The third-order valence-corrected chi connectivity index (χ3v) is 3.29. The van der Waals surface area contributed by atoms with E-state index >= 15 is 0 Å². The summed E-state index contributed by atoms with van der Waals surface area (Å²) in [5.74, 6) is 0.545. The Kier molecular flexibility index (Phi) is 7.45. The van der Waals surface area contributed by atoms with Gasteiger partial charge in [-0.15, -0.1) is 0 Å². The largest absolute Gasteiger partial charge is 0.508 e. The lowest BCUT2D eigenvalue weighted by Crippen LogP contribution is -1.80. The quantitative estimate of drug-likeness (QED) is 0.746. The molecule has 122 valence electrons. The van der Waals surface area contributed by atoms with Gasteiger partial charge in [0.15, 0.2) is 0 Å². The normalized spacial score (nSPS) is 9.00. The van der Waals surface area contributed by atoms with Gasteiger partial charge in [-0.05, 0) is 46.5 Å². The van der Waals surface area contributed by atoms with Crippen LogP contribution in [0.3, 0.4) is 0 Å². The maximum Gasteiger partial charge on any atom is 0.115 e. The van der Waals surface area contributed by atoms with Crippen molar-refractivity contribution < 1.29 is 19.8 Å². The Labute approximate surface area is 140 Å². The van der Waals surface area contributed by atoms with Crippen molar-refractivity contribution in [2.45, 2.75) is 0 Å². The molecule has 0 amide bonds. The van der Waals surface area contributed by atoms with Crippen LogP contribution in [0.2, 0.25) is 0 Å². The molecule has 0 saturated carbocycles. The first-order chi connectivity index (χ1) is 11.7. The highest BCUT2D eigenvalue weighted by Crippen LogP contribution is 2.26. The Balaban J connectivity index is 0.000000671. The van der Waals surface area contributed by atoms with E-state index in [1.807, 2.05) is 37.8 Å². The number of benzene rings is 3. The van der Waals surface area contributed by atoms with Crippen molar-refractivity contribution in [1.29, 1.82) is 0 Å². The van der Waals surface area contributed by atoms with Crippen molar-refractivity contribution in [3.05, 3.63) is 72.8 Å². The van der Waals surface area contributed by atoms with Gasteiger partial charge in [-0.2, -0.15) is 0 Å². The fourth-order valence-electron chi connectivity index (χ4n) is 2.16. The first kappa shape index (κ1) is 18.6. The highest BCUT2D eigenvalue weighted by molar-refractivity contribution is 5.70. The summed E-state index contributed by atoms with van der Waals surface area (Å²) in [5, 5.41) is 18.6. The van der Waals surface area contributed by atoms with Gasteiger partial charge in [0.1, 0.15) is 25.1 Å². The molecule has 4 nitrogen and oxygen atoms in total. The minimum atomic E-state index is 0.273. The number of carbonyl (C=O) groups excluding carboxylic acids is 2. The van der Waals surface area contributed by atoms with Crippen LogP contribution < -0.4 is 0 Å². The average Bonchev–Trinajstić information content (AvgIpc) is 2.66. The molecule has 4 heteroatoms. The summed E-state index contributed by atoms with van der Waals surface area (Å²) < 4.78 is 0. The molecule has 0 fully saturated rings. The van der Waals surface area contributed by atoms with Crippen molar-refractivity contribution in [1.82, 2.24) is 0 Å². The van der Waals surface area contributed by atoms with E-state index in [1.54, 1.807) is 24.3 Å². The van der Waals surface area contributed by atoms with Crippen molar-refractivity contribution in [2.75, 3.05) is 0 Å². The Morgan fingerprint density at radius 1 is 0.417 bits per heavy atom. The van der Waals surface area contributed by atoms with E-state index in [1.165, 1.54) is 0 Å². The van der Waals surface area contributed by atoms with Gasteiger partial charge in [-0.3, -0.25) is 0 Å². The van der Waals surface area contributed by atoms with Crippen molar-refractivity contribution in [3.8, 4) is 33.8 Å². The summed E-state index contributed by atoms with van der Waals surface area (Å²) in [6.45, 7) is 4.00. The van der Waals surface area contributed by atoms with Gasteiger partial charge in [0, 0.05) is 0 Å². The third kappa shape index (κ3) is 4.81. The van der Waals surface area contributed by atoms with E-state index in [4.69, 9.17) is 9.59 Å². The van der Waals surface area contributed by atoms with Gasteiger partial charge in [0.2, 0.25) is 0 Å². The molecular weight excluding hydrogens is 304 g/mol. The van der Waals surface area contributed by atoms with Crippen LogP contribution in [0.1, 0.15) is 0 Å². The number of phenols is 2. The third-order valence-electron chi connectivity index (χ3n) is 3.29. The summed E-state index contributed by atoms with van der Waals surface area (Å²) in [6.07, 6.45) is 0. The standard InChI is InChI=1S/C18H14O2.2CH2O/c19-17-9-5-15(6-10-17)13-1-2-14(4-3-13)16-7-11-18(20)12-8-16;2*1-2/h1-12,19-20H;2*1H2. The van der Waals surface area contributed by atoms with Gasteiger partial charge >= 0.3 is 0 Å². The van der Waals surface area contributed by atoms with Gasteiger partial charge in [0.25, 0.3) is 0 Å². The molecule has 0 unspecified atom stereocenters. The highest BCUT2D eigenvalue weighted by Gasteiger charge is 2.00. The molecule has 0 radical (unpaired) electrons. The summed E-state index contributed by atoms with van der Waals surface area (Å²) in [5.41, 5.74) is 4.35. The van der Waals surface area contributed by atoms with Crippen LogP contribution in [0, 0.1) is 0 Å². The number of rotatable bonds is 2. The fraction of sp³-hybridized carbons (Fsp3) is 0. The van der Waals surface area contributed by atoms with Crippen LogP contribution in [0.25, 0.3) is 22.3 Å². The zero-order valence-electron chi connectivity index (χ0n) is 13.1. The van der Waals surface area contributed by atoms with Gasteiger partial charge in [-0.1, -0.05) is 48.5 Å². The molecule has 0 atom stereocenters. The first-order valence-electron chi connectivity index (χ1n) is 6.99. The molecule has 0 aliphatic carbocycles. The molecule has 0 heterocycles. The molecule has 0 aromatic heterocycles. The first-order valence-corrected chi connectivity index (χ1v) is 6.99. The van der Waals surface area contributed by atoms with E-state index in [0.29, 0.717) is 0 Å². The lowest BCUT2D eigenvalue weighted by molar-refractivity contribution is -0.0987. The van der Waals surface area contributed by atoms with Crippen LogP contribution in [-0.4, -0.2) is 23.8 Å². The summed E-state index contributed by atoms with van der Waals surface area (Å²) in [4.78, 5) is 16.0. The number of phenolic OH excluding ortho intramolecular Hbond substituents is 2. The Morgan fingerprint density at radius 2 is 0.583 bits per heavy atom. The van der Waals surface area contributed by atoms with E-state index in [-0.39, 0.29) is 11.5 Å². The molecule has 24 heavy (non-hydrogen) atoms. The number of hydrogen-bond acceptors (Lipinski definition) is 4. The monoisotopic (exact) mass is 322 g/mol. The lowest BCUT2D eigenvalue weighted by Gasteiger charge is -2.05. The molecule has 0 saturated heterocycles. The SMILES string of the molecule is C=O.C=O.Oc1ccc(-c2ccc(-c3ccc(O)cc3)cc2)cc1. The summed E-state index contributed by atoms with van der Waals surface area (Å²) >= 11 is 0. The van der Waals surface area contributed by atoms with Crippen LogP contribution in [0.5, 0.6) is 11.5 Å². The number of aromatic hydroxyl groups is 2. The predicted molar refractivity (Wildman–Crippen MR) is 94.9 cm³/mol. The highest BCUT2D eigenvalue weighted by atomic mass is 16.3. The van der Waals surface area contributed by atoms with Gasteiger partial charge in [-0.25, -0.2) is 0 Å². The maximum absolute atomic E-state index is 9.30. The summed E-state index contributed by atoms with van der Waals surface area (Å²) in [6, 6.07) is 22.5. The molecule has 2 N–H and O–H groups in total. The summed E-state index contributed by atoms with van der Waals surface area (Å²) in [7, 11) is 0. The maximum atomic E-state index is 9.30. The molecule has 0 bridgehead atoms. The second-order valence-electron chi connectivity index (χ2n) is 4.67. The predicted octanol–water partition coefficient (Wildman–Crippen LogP) is 4.06. The van der Waals surface area contributed by atoms with Crippen molar-refractivity contribution in [2.24, 2.45) is 0 Å². The van der Waals surface area contributed by atoms with E-state index in [2.05, 4.69) is 24.3 Å². The molecule has 3 aromatic rings. The lowest BCUT2D eigenvalue weighted by atomic mass is 10.0. The van der Waals surface area contributed by atoms with Crippen LogP contribution >= 0.6 is 0 Å². The Morgan fingerprint density at radius 3 is 0.792 bits per heavy atom. The average molecular weight is 322 g/mol. The van der Waals surface area contributed by atoms with E-state index in [9.17, 15) is 10.2 Å². The Bertz CT molecular complexity index is 666. The van der Waals surface area contributed by atoms with E-state index in [0.717, 1.165) is 22.3 Å². The zero-order valence-corrected chi connectivity index (χ0v) is 13.1. The van der Waals surface area contributed by atoms with Crippen molar-refractivity contribution in [3.63, 3.8) is 0 Å². The molecule has 0 aliphatic heterocycles. The molecule has 3 rings (SSSR count). The number of hydrogen-bond donors (Lipinski definition) is 2. The van der Waals surface area contributed by atoms with Gasteiger partial charge in [0.05, 0.1) is 0 Å². The van der Waals surface area contributed by atoms with Crippen molar-refractivity contribution >= 4 is 13.6 Å². The molecular formula is C20H18O4. The van der Waals surface area contributed by atoms with Crippen LogP contribution in [-0.2, 0) is 9.59 Å². The minimum Gasteiger partial charge on any atom is -0.508 e. The zero-order chi connectivity index (χ0) is 17.9. The molecule has 0 spiro atoms. The molecule has 0 aliphatic rings. The Hall–Kier alpha value is -3.40. The number of carbonyl (C=O) groups is 2. The van der Waals surface area contributed by atoms with Gasteiger partial charge < -0.3 is 19.8 Å². The van der Waals surface area contributed by atoms with Crippen LogP contribution in [0.4, 0.5) is 0 Å². The smallest absolute Gasteiger partial charge is 0.115 e. The topological polar surface area (TPSA) is 74.6 Å². The van der Waals surface area contributed by atoms with Crippen LogP contribution in [0.15, 0.2) is 72.8 Å². The minimum absolute atomic E-state index is 0.273. The second kappa shape index (κ2) is 9.58. The molecule has 3 aromatic carbocycles. The fourth-order valence-corrected chi connectivity index (χ4v) is 2.16. The second-order valence-corrected chi connectivity index (χ2v) is 4.67.